The van der Waals surface area contributed by atoms with Gasteiger partial charge >= 0.3 is 0 Å². The molecule has 0 aliphatic heterocycles. The van der Waals surface area contributed by atoms with E-state index in [1.807, 2.05) is 0 Å². The lowest BCUT2D eigenvalue weighted by atomic mass is 9.73. The zero-order chi connectivity index (χ0) is 15.0. The molecular formula is C18H38N2. The second-order valence-corrected chi connectivity index (χ2v) is 7.81. The molecular weight excluding hydrogens is 244 g/mol. The molecule has 1 saturated carbocycles. The number of nitrogens with zero attached hydrogens (tertiary/aromatic N) is 1. The predicted octanol–water partition coefficient (Wildman–Crippen LogP) is 4.16. The first-order chi connectivity index (χ1) is 9.47. The second kappa shape index (κ2) is 9.04. The SMILES string of the molecule is CCN(CC(C)C)CC1(CNCC(C)C)CCCCC1. The molecule has 1 aliphatic rings. The highest BCUT2D eigenvalue weighted by Gasteiger charge is 2.33. The van der Waals surface area contributed by atoms with E-state index in [2.05, 4.69) is 44.8 Å². The average Bonchev–Trinajstić information content (AvgIpc) is 2.38. The number of rotatable bonds is 9. The Balaban J connectivity index is 2.56. The van der Waals surface area contributed by atoms with Gasteiger partial charge in [0.2, 0.25) is 0 Å². The van der Waals surface area contributed by atoms with Gasteiger partial charge in [-0.15, -0.1) is 0 Å². The molecule has 2 heteroatoms. The molecule has 1 rings (SSSR count). The van der Waals surface area contributed by atoms with Gasteiger partial charge in [-0.05, 0) is 43.2 Å². The fourth-order valence-electron chi connectivity index (χ4n) is 3.61. The van der Waals surface area contributed by atoms with Crippen LogP contribution in [-0.4, -0.2) is 37.6 Å². The molecule has 0 aromatic carbocycles. The maximum Gasteiger partial charge on any atom is 0.00501 e. The summed E-state index contributed by atoms with van der Waals surface area (Å²) in [7, 11) is 0. The highest BCUT2D eigenvalue weighted by atomic mass is 15.1. The standard InChI is InChI=1S/C18H38N2/c1-6-20(13-17(4)5)15-18(10-8-7-9-11-18)14-19-12-16(2)3/h16-17,19H,6-15H2,1-5H3. The molecule has 0 saturated heterocycles. The van der Waals surface area contributed by atoms with Gasteiger partial charge in [0.15, 0.2) is 0 Å². The lowest BCUT2D eigenvalue weighted by Crippen LogP contribution is -2.46. The zero-order valence-electron chi connectivity index (χ0n) is 14.7. The van der Waals surface area contributed by atoms with Crippen LogP contribution < -0.4 is 5.32 Å². The third kappa shape index (κ3) is 6.58. The van der Waals surface area contributed by atoms with E-state index in [-0.39, 0.29) is 0 Å². The monoisotopic (exact) mass is 282 g/mol. The molecule has 0 aromatic rings. The summed E-state index contributed by atoms with van der Waals surface area (Å²) < 4.78 is 0. The van der Waals surface area contributed by atoms with Crippen LogP contribution in [0, 0.1) is 17.3 Å². The van der Waals surface area contributed by atoms with Crippen LogP contribution in [-0.2, 0) is 0 Å². The zero-order valence-corrected chi connectivity index (χ0v) is 14.7. The summed E-state index contributed by atoms with van der Waals surface area (Å²) in [6, 6.07) is 0. The van der Waals surface area contributed by atoms with Gasteiger partial charge in [-0.25, -0.2) is 0 Å². The van der Waals surface area contributed by atoms with E-state index < -0.39 is 0 Å². The summed E-state index contributed by atoms with van der Waals surface area (Å²) in [4.78, 5) is 2.69. The van der Waals surface area contributed by atoms with Crippen LogP contribution in [0.5, 0.6) is 0 Å². The quantitative estimate of drug-likeness (QED) is 0.683. The first-order valence-electron chi connectivity index (χ1n) is 8.90. The van der Waals surface area contributed by atoms with Crippen molar-refractivity contribution < 1.29 is 0 Å². The van der Waals surface area contributed by atoms with Gasteiger partial charge in [-0.3, -0.25) is 0 Å². The summed E-state index contributed by atoms with van der Waals surface area (Å²) in [5.41, 5.74) is 0.540. The molecule has 1 fully saturated rings. The molecule has 0 unspecified atom stereocenters. The summed E-state index contributed by atoms with van der Waals surface area (Å²) >= 11 is 0. The van der Waals surface area contributed by atoms with Gasteiger partial charge in [-0.2, -0.15) is 0 Å². The van der Waals surface area contributed by atoms with Crippen LogP contribution in [0.15, 0.2) is 0 Å². The number of hydrogen-bond donors (Lipinski definition) is 1. The normalized spacial score (nSPS) is 19.2. The van der Waals surface area contributed by atoms with E-state index >= 15 is 0 Å². The van der Waals surface area contributed by atoms with Crippen LogP contribution in [0.1, 0.15) is 66.7 Å². The maximum absolute atomic E-state index is 3.75. The summed E-state index contributed by atoms with van der Waals surface area (Å²) in [6.45, 7) is 17.7. The van der Waals surface area contributed by atoms with Crippen LogP contribution in [0.2, 0.25) is 0 Å². The van der Waals surface area contributed by atoms with Crippen molar-refractivity contribution in [3.8, 4) is 0 Å². The number of nitrogens with one attached hydrogen (secondary N) is 1. The van der Waals surface area contributed by atoms with Crippen molar-refractivity contribution in [1.29, 1.82) is 0 Å². The Morgan fingerprint density at radius 3 is 2.15 bits per heavy atom. The molecule has 0 amide bonds. The lowest BCUT2D eigenvalue weighted by molar-refractivity contribution is 0.0973. The summed E-state index contributed by atoms with van der Waals surface area (Å²) in [5, 5.41) is 3.75. The van der Waals surface area contributed by atoms with Crippen molar-refractivity contribution in [2.45, 2.75) is 66.7 Å². The van der Waals surface area contributed by atoms with Gasteiger partial charge in [0.25, 0.3) is 0 Å². The highest BCUT2D eigenvalue weighted by molar-refractivity contribution is 4.88. The third-order valence-corrected chi connectivity index (χ3v) is 4.60. The molecule has 0 atom stereocenters. The third-order valence-electron chi connectivity index (χ3n) is 4.60. The fraction of sp³-hybridized carbons (Fsp3) is 1.00. The van der Waals surface area contributed by atoms with Crippen molar-refractivity contribution in [2.75, 3.05) is 32.7 Å². The molecule has 0 radical (unpaired) electrons. The van der Waals surface area contributed by atoms with Crippen LogP contribution in [0.4, 0.5) is 0 Å². The van der Waals surface area contributed by atoms with E-state index in [0.29, 0.717) is 5.41 Å². The fourth-order valence-corrected chi connectivity index (χ4v) is 3.61. The van der Waals surface area contributed by atoms with Gasteiger partial charge in [0.1, 0.15) is 0 Å². The molecule has 1 N–H and O–H groups in total. The largest absolute Gasteiger partial charge is 0.316 e. The Hall–Kier alpha value is -0.0800. The van der Waals surface area contributed by atoms with Gasteiger partial charge in [0, 0.05) is 19.6 Å². The van der Waals surface area contributed by atoms with Crippen LogP contribution in [0.3, 0.4) is 0 Å². The topological polar surface area (TPSA) is 15.3 Å². The smallest absolute Gasteiger partial charge is 0.00501 e. The minimum atomic E-state index is 0.540. The Morgan fingerprint density at radius 2 is 1.65 bits per heavy atom. The first kappa shape index (κ1) is 18.0. The molecule has 0 aromatic heterocycles. The minimum Gasteiger partial charge on any atom is -0.316 e. The molecule has 0 spiro atoms. The molecule has 1 aliphatic carbocycles. The first-order valence-corrected chi connectivity index (χ1v) is 8.90. The average molecular weight is 283 g/mol. The molecule has 120 valence electrons. The molecule has 0 bridgehead atoms. The minimum absolute atomic E-state index is 0.540. The van der Waals surface area contributed by atoms with Crippen LogP contribution >= 0.6 is 0 Å². The lowest BCUT2D eigenvalue weighted by Gasteiger charge is -2.42. The molecule has 0 heterocycles. The van der Waals surface area contributed by atoms with Crippen molar-refractivity contribution in [2.24, 2.45) is 17.3 Å². The molecule has 20 heavy (non-hydrogen) atoms. The van der Waals surface area contributed by atoms with Gasteiger partial charge in [0.05, 0.1) is 0 Å². The van der Waals surface area contributed by atoms with Crippen molar-refractivity contribution >= 4 is 0 Å². The second-order valence-electron chi connectivity index (χ2n) is 7.81. The van der Waals surface area contributed by atoms with E-state index in [4.69, 9.17) is 0 Å². The maximum atomic E-state index is 3.75. The Labute approximate surface area is 127 Å². The Bertz CT molecular complexity index is 242. The van der Waals surface area contributed by atoms with Crippen molar-refractivity contribution in [3.05, 3.63) is 0 Å². The van der Waals surface area contributed by atoms with Gasteiger partial charge < -0.3 is 10.2 Å². The van der Waals surface area contributed by atoms with Crippen LogP contribution in [0.25, 0.3) is 0 Å². The highest BCUT2D eigenvalue weighted by Crippen LogP contribution is 2.36. The molecule has 2 nitrogen and oxygen atoms in total. The van der Waals surface area contributed by atoms with E-state index in [1.54, 1.807) is 0 Å². The van der Waals surface area contributed by atoms with Crippen molar-refractivity contribution in [1.82, 2.24) is 10.2 Å². The summed E-state index contributed by atoms with van der Waals surface area (Å²) in [6.07, 6.45) is 7.16. The predicted molar refractivity (Wildman–Crippen MR) is 90.2 cm³/mol. The summed E-state index contributed by atoms with van der Waals surface area (Å²) in [5.74, 6) is 1.53. The Morgan fingerprint density at radius 1 is 1.00 bits per heavy atom. The Kier molecular flexibility index (Phi) is 8.13. The van der Waals surface area contributed by atoms with Gasteiger partial charge in [-0.1, -0.05) is 53.9 Å². The van der Waals surface area contributed by atoms with E-state index in [9.17, 15) is 0 Å². The van der Waals surface area contributed by atoms with E-state index in [1.165, 1.54) is 58.3 Å². The van der Waals surface area contributed by atoms with E-state index in [0.717, 1.165) is 18.4 Å². The number of hydrogen-bond acceptors (Lipinski definition) is 2. The van der Waals surface area contributed by atoms with Crippen molar-refractivity contribution in [3.63, 3.8) is 0 Å².